The van der Waals surface area contributed by atoms with Crippen LogP contribution in [-0.2, 0) is 16.0 Å². The van der Waals surface area contributed by atoms with E-state index in [9.17, 15) is 23.8 Å². The third kappa shape index (κ3) is 1.77. The molecule has 2 rings (SSSR count). The molecule has 0 fully saturated rings. The number of aliphatic hydroxyl groups excluding tert-OH is 1. The highest BCUT2D eigenvalue weighted by atomic mass is 19.2. The molecule has 1 aromatic carbocycles. The molecule has 4 nitrogen and oxygen atoms in total. The third-order valence-electron chi connectivity index (χ3n) is 3.02. The van der Waals surface area contributed by atoms with E-state index in [-0.39, 0.29) is 24.2 Å². The summed E-state index contributed by atoms with van der Waals surface area (Å²) >= 11 is 0. The van der Waals surface area contributed by atoms with Gasteiger partial charge in [-0.25, -0.2) is 13.6 Å². The first-order valence-electron chi connectivity index (χ1n) is 5.45. The van der Waals surface area contributed by atoms with E-state index in [0.717, 1.165) is 12.1 Å². The SMILES string of the molecule is CCOC(=O)C1(O)Cc2cc(F)c(F)cc2C1O. The highest BCUT2D eigenvalue weighted by Crippen LogP contribution is 2.40. The molecular formula is C12H12F2O4. The Bertz CT molecular complexity index is 503. The number of ether oxygens (including phenoxy) is 1. The van der Waals surface area contributed by atoms with E-state index in [1.165, 1.54) is 0 Å². The fourth-order valence-corrected chi connectivity index (χ4v) is 2.10. The Balaban J connectivity index is 2.40. The minimum atomic E-state index is -2.18. The number of rotatable bonds is 2. The van der Waals surface area contributed by atoms with Crippen LogP contribution in [-0.4, -0.2) is 28.4 Å². The van der Waals surface area contributed by atoms with E-state index < -0.39 is 29.3 Å². The molecule has 0 bridgehead atoms. The summed E-state index contributed by atoms with van der Waals surface area (Å²) in [4.78, 5) is 11.6. The van der Waals surface area contributed by atoms with Gasteiger partial charge in [0.15, 0.2) is 17.2 Å². The van der Waals surface area contributed by atoms with Crippen molar-refractivity contribution in [2.75, 3.05) is 6.61 Å². The predicted octanol–water partition coefficient (Wildman–Crippen LogP) is 0.848. The van der Waals surface area contributed by atoms with Gasteiger partial charge < -0.3 is 14.9 Å². The van der Waals surface area contributed by atoms with Crippen molar-refractivity contribution in [3.8, 4) is 0 Å². The summed E-state index contributed by atoms with van der Waals surface area (Å²) in [6, 6.07) is 1.65. The molecule has 18 heavy (non-hydrogen) atoms. The van der Waals surface area contributed by atoms with Gasteiger partial charge in [-0.3, -0.25) is 0 Å². The predicted molar refractivity (Wildman–Crippen MR) is 56.6 cm³/mol. The van der Waals surface area contributed by atoms with Gasteiger partial charge in [0.25, 0.3) is 0 Å². The zero-order valence-electron chi connectivity index (χ0n) is 9.61. The van der Waals surface area contributed by atoms with Crippen LogP contribution in [0.3, 0.4) is 0 Å². The molecule has 0 aromatic heterocycles. The van der Waals surface area contributed by atoms with Crippen LogP contribution in [0.15, 0.2) is 12.1 Å². The number of esters is 1. The molecule has 0 aliphatic heterocycles. The minimum Gasteiger partial charge on any atom is -0.464 e. The Morgan fingerprint density at radius 1 is 1.50 bits per heavy atom. The Morgan fingerprint density at radius 2 is 2.11 bits per heavy atom. The molecule has 1 aliphatic rings. The van der Waals surface area contributed by atoms with Crippen LogP contribution in [0.4, 0.5) is 8.78 Å². The average Bonchev–Trinajstić information content (AvgIpc) is 2.55. The lowest BCUT2D eigenvalue weighted by Crippen LogP contribution is -2.44. The number of carbonyl (C=O) groups excluding carboxylic acids is 1. The summed E-state index contributed by atoms with van der Waals surface area (Å²) in [5.41, 5.74) is -1.99. The molecule has 1 aromatic rings. The van der Waals surface area contributed by atoms with E-state index >= 15 is 0 Å². The molecule has 0 saturated heterocycles. The van der Waals surface area contributed by atoms with Crippen LogP contribution in [0, 0.1) is 11.6 Å². The van der Waals surface area contributed by atoms with Crippen molar-refractivity contribution in [2.24, 2.45) is 0 Å². The van der Waals surface area contributed by atoms with Crippen molar-refractivity contribution in [1.29, 1.82) is 0 Å². The monoisotopic (exact) mass is 258 g/mol. The Labute approximate surface area is 102 Å². The van der Waals surface area contributed by atoms with Crippen molar-refractivity contribution < 1.29 is 28.5 Å². The Hall–Kier alpha value is -1.53. The van der Waals surface area contributed by atoms with Gasteiger partial charge in [-0.05, 0) is 30.2 Å². The Kier molecular flexibility index (Phi) is 3.08. The number of aliphatic hydroxyl groups is 2. The molecule has 0 spiro atoms. The molecule has 0 saturated carbocycles. The first-order chi connectivity index (χ1) is 8.40. The molecule has 0 amide bonds. The van der Waals surface area contributed by atoms with Crippen LogP contribution in [0.5, 0.6) is 0 Å². The molecule has 2 N–H and O–H groups in total. The summed E-state index contributed by atoms with van der Waals surface area (Å²) in [5.74, 6) is -3.23. The summed E-state index contributed by atoms with van der Waals surface area (Å²) in [7, 11) is 0. The van der Waals surface area contributed by atoms with Crippen LogP contribution in [0.1, 0.15) is 24.2 Å². The minimum absolute atomic E-state index is 0.00412. The number of hydrogen-bond donors (Lipinski definition) is 2. The normalized spacial score (nSPS) is 25.9. The van der Waals surface area contributed by atoms with Gasteiger partial charge in [0, 0.05) is 6.42 Å². The van der Waals surface area contributed by atoms with Crippen molar-refractivity contribution in [1.82, 2.24) is 0 Å². The van der Waals surface area contributed by atoms with Gasteiger partial charge in [-0.1, -0.05) is 0 Å². The third-order valence-corrected chi connectivity index (χ3v) is 3.02. The van der Waals surface area contributed by atoms with Gasteiger partial charge >= 0.3 is 5.97 Å². The van der Waals surface area contributed by atoms with Crippen LogP contribution in [0.25, 0.3) is 0 Å². The fraction of sp³-hybridized carbons (Fsp3) is 0.417. The molecule has 2 unspecified atom stereocenters. The maximum Gasteiger partial charge on any atom is 0.341 e. The van der Waals surface area contributed by atoms with E-state index in [1.54, 1.807) is 6.92 Å². The van der Waals surface area contributed by atoms with Gasteiger partial charge in [-0.2, -0.15) is 0 Å². The highest BCUT2D eigenvalue weighted by Gasteiger charge is 2.51. The second-order valence-corrected chi connectivity index (χ2v) is 4.19. The smallest absolute Gasteiger partial charge is 0.341 e. The average molecular weight is 258 g/mol. The second kappa shape index (κ2) is 4.29. The van der Waals surface area contributed by atoms with Crippen LogP contribution >= 0.6 is 0 Å². The highest BCUT2D eigenvalue weighted by molar-refractivity contribution is 5.82. The lowest BCUT2D eigenvalue weighted by Gasteiger charge is -2.24. The molecule has 2 atom stereocenters. The van der Waals surface area contributed by atoms with Gasteiger partial charge in [-0.15, -0.1) is 0 Å². The molecule has 6 heteroatoms. The molecular weight excluding hydrogens is 246 g/mol. The zero-order chi connectivity index (χ0) is 13.5. The quantitative estimate of drug-likeness (QED) is 0.772. The lowest BCUT2D eigenvalue weighted by molar-refractivity contribution is -0.176. The van der Waals surface area contributed by atoms with Gasteiger partial charge in [0.05, 0.1) is 6.61 Å². The van der Waals surface area contributed by atoms with Crippen LogP contribution < -0.4 is 0 Å². The molecule has 1 aliphatic carbocycles. The van der Waals surface area contributed by atoms with Crippen molar-refractivity contribution in [3.05, 3.63) is 34.9 Å². The van der Waals surface area contributed by atoms with E-state index in [0.29, 0.717) is 0 Å². The first kappa shape index (κ1) is 12.9. The number of benzene rings is 1. The van der Waals surface area contributed by atoms with Gasteiger partial charge in [0.1, 0.15) is 6.10 Å². The summed E-state index contributed by atoms with van der Waals surface area (Å²) < 4.78 is 30.8. The maximum atomic E-state index is 13.1. The van der Waals surface area contributed by atoms with Gasteiger partial charge in [0.2, 0.25) is 0 Å². The molecule has 0 heterocycles. The zero-order valence-corrected chi connectivity index (χ0v) is 9.61. The number of carbonyl (C=O) groups is 1. The van der Waals surface area contributed by atoms with Crippen molar-refractivity contribution >= 4 is 5.97 Å². The maximum absolute atomic E-state index is 13.1. The van der Waals surface area contributed by atoms with E-state index in [2.05, 4.69) is 4.74 Å². The first-order valence-corrected chi connectivity index (χ1v) is 5.45. The largest absolute Gasteiger partial charge is 0.464 e. The summed E-state index contributed by atoms with van der Waals surface area (Å²) in [5, 5.41) is 20.0. The molecule has 98 valence electrons. The number of halogens is 2. The second-order valence-electron chi connectivity index (χ2n) is 4.19. The topological polar surface area (TPSA) is 66.8 Å². The summed E-state index contributed by atoms with van der Waals surface area (Å²) in [6.45, 7) is 1.59. The number of hydrogen-bond acceptors (Lipinski definition) is 4. The fourth-order valence-electron chi connectivity index (χ4n) is 2.10. The summed E-state index contributed by atoms with van der Waals surface area (Å²) in [6.07, 6.45) is -1.93. The van der Waals surface area contributed by atoms with E-state index in [1.807, 2.05) is 0 Å². The van der Waals surface area contributed by atoms with E-state index in [4.69, 9.17) is 0 Å². The molecule has 0 radical (unpaired) electrons. The van der Waals surface area contributed by atoms with Crippen molar-refractivity contribution in [3.63, 3.8) is 0 Å². The number of fused-ring (bicyclic) bond motifs is 1. The standard InChI is InChI=1S/C12H12F2O4/c1-2-18-11(16)12(17)5-6-3-8(13)9(14)4-7(6)10(12)15/h3-4,10,15,17H,2,5H2,1H3. The van der Waals surface area contributed by atoms with Crippen molar-refractivity contribution in [2.45, 2.75) is 25.0 Å². The Morgan fingerprint density at radius 3 is 2.72 bits per heavy atom. The lowest BCUT2D eigenvalue weighted by atomic mass is 9.98. The van der Waals surface area contributed by atoms with Crippen LogP contribution in [0.2, 0.25) is 0 Å².